The zero-order valence-electron chi connectivity index (χ0n) is 6.54. The molecular formula is C7H9N3O2. The maximum absolute atomic E-state index is 11.1. The van der Waals surface area contributed by atoms with Gasteiger partial charge in [-0.25, -0.2) is 4.79 Å². The molecule has 0 bridgehead atoms. The van der Waals surface area contributed by atoms with Crippen molar-refractivity contribution in [2.75, 3.05) is 13.1 Å². The monoisotopic (exact) mass is 167 g/mol. The van der Waals surface area contributed by atoms with E-state index in [-0.39, 0.29) is 24.8 Å². The third-order valence-corrected chi connectivity index (χ3v) is 1.61. The summed E-state index contributed by atoms with van der Waals surface area (Å²) < 4.78 is 0. The van der Waals surface area contributed by atoms with Crippen LogP contribution in [-0.2, 0) is 4.79 Å². The third kappa shape index (κ3) is 1.72. The van der Waals surface area contributed by atoms with E-state index in [0.717, 1.165) is 4.90 Å². The summed E-state index contributed by atoms with van der Waals surface area (Å²) in [5.41, 5.74) is 0. The van der Waals surface area contributed by atoms with Gasteiger partial charge in [0.05, 0.1) is 6.07 Å². The van der Waals surface area contributed by atoms with Crippen molar-refractivity contribution >= 4 is 11.9 Å². The van der Waals surface area contributed by atoms with E-state index in [4.69, 9.17) is 5.26 Å². The smallest absolute Gasteiger partial charge is 0.324 e. The third-order valence-electron chi connectivity index (χ3n) is 1.61. The Balaban J connectivity index is 2.42. The molecule has 1 fully saturated rings. The average Bonchev–Trinajstić information content (AvgIpc) is 2.47. The molecule has 12 heavy (non-hydrogen) atoms. The fraction of sp³-hybridized carbons (Fsp3) is 0.571. The van der Waals surface area contributed by atoms with Crippen LogP contribution in [0, 0.1) is 11.3 Å². The lowest BCUT2D eigenvalue weighted by Crippen LogP contribution is -2.33. The topological polar surface area (TPSA) is 73.2 Å². The Morgan fingerprint density at radius 1 is 1.75 bits per heavy atom. The number of nitrogens with zero attached hydrogens (tertiary/aromatic N) is 2. The van der Waals surface area contributed by atoms with Crippen molar-refractivity contribution in [3.05, 3.63) is 0 Å². The molecule has 5 nitrogen and oxygen atoms in total. The molecule has 0 saturated carbocycles. The highest BCUT2D eigenvalue weighted by Gasteiger charge is 2.25. The molecule has 0 unspecified atom stereocenters. The van der Waals surface area contributed by atoms with E-state index in [1.54, 1.807) is 0 Å². The number of carbonyl (C=O) groups is 2. The first-order valence-corrected chi connectivity index (χ1v) is 3.71. The molecule has 0 aromatic carbocycles. The molecule has 3 amide bonds. The molecule has 0 aromatic rings. The SMILES string of the molecule is N#CCCC(=O)N1CCNC1=O. The molecule has 0 atom stereocenters. The molecule has 1 aliphatic rings. The minimum absolute atomic E-state index is 0.129. The van der Waals surface area contributed by atoms with Gasteiger partial charge in [0.2, 0.25) is 5.91 Å². The normalized spacial score (nSPS) is 15.6. The second kappa shape index (κ2) is 3.72. The zero-order valence-corrected chi connectivity index (χ0v) is 6.54. The zero-order chi connectivity index (χ0) is 8.97. The van der Waals surface area contributed by atoms with Crippen molar-refractivity contribution in [3.63, 3.8) is 0 Å². The Morgan fingerprint density at radius 3 is 3.00 bits per heavy atom. The number of imide groups is 1. The van der Waals surface area contributed by atoms with Crippen LogP contribution in [0.1, 0.15) is 12.8 Å². The van der Waals surface area contributed by atoms with Gasteiger partial charge in [0, 0.05) is 25.9 Å². The van der Waals surface area contributed by atoms with Gasteiger partial charge in [0.15, 0.2) is 0 Å². The summed E-state index contributed by atoms with van der Waals surface area (Å²) in [5, 5.41) is 10.7. The summed E-state index contributed by atoms with van der Waals surface area (Å²) in [7, 11) is 0. The number of hydrogen-bond donors (Lipinski definition) is 1. The van der Waals surface area contributed by atoms with Gasteiger partial charge in [-0.1, -0.05) is 0 Å². The van der Waals surface area contributed by atoms with Crippen LogP contribution >= 0.6 is 0 Å². The number of nitriles is 1. The van der Waals surface area contributed by atoms with Gasteiger partial charge in [-0.3, -0.25) is 9.69 Å². The molecular weight excluding hydrogens is 158 g/mol. The van der Waals surface area contributed by atoms with Gasteiger partial charge in [-0.15, -0.1) is 0 Å². The molecule has 1 aliphatic heterocycles. The summed E-state index contributed by atoms with van der Waals surface area (Å²) in [5.74, 6) is -0.272. The second-order valence-corrected chi connectivity index (χ2v) is 2.44. The number of carbonyl (C=O) groups excluding carboxylic acids is 2. The molecule has 0 spiro atoms. The van der Waals surface area contributed by atoms with E-state index < -0.39 is 0 Å². The van der Waals surface area contributed by atoms with Crippen molar-refractivity contribution in [3.8, 4) is 6.07 Å². The molecule has 0 aliphatic carbocycles. The predicted octanol–water partition coefficient (Wildman–Crippen LogP) is -0.158. The van der Waals surface area contributed by atoms with Gasteiger partial charge in [0.1, 0.15) is 0 Å². The van der Waals surface area contributed by atoms with Crippen molar-refractivity contribution in [1.82, 2.24) is 10.2 Å². The maximum Gasteiger partial charge on any atom is 0.324 e. The van der Waals surface area contributed by atoms with Crippen molar-refractivity contribution in [2.24, 2.45) is 0 Å². The Labute approximate surface area is 69.9 Å². The van der Waals surface area contributed by atoms with Gasteiger partial charge in [0.25, 0.3) is 0 Å². The first-order valence-electron chi connectivity index (χ1n) is 3.71. The van der Waals surface area contributed by atoms with Crippen LogP contribution in [-0.4, -0.2) is 29.9 Å². The first-order chi connectivity index (χ1) is 5.75. The first kappa shape index (κ1) is 8.53. The van der Waals surface area contributed by atoms with Gasteiger partial charge >= 0.3 is 6.03 Å². The van der Waals surface area contributed by atoms with E-state index >= 15 is 0 Å². The standard InChI is InChI=1S/C7H9N3O2/c8-3-1-2-6(11)10-5-4-9-7(10)12/h1-2,4-5H2,(H,9,12). The van der Waals surface area contributed by atoms with Crippen molar-refractivity contribution in [1.29, 1.82) is 5.26 Å². The van der Waals surface area contributed by atoms with Crippen LogP contribution in [0.2, 0.25) is 0 Å². The Morgan fingerprint density at radius 2 is 2.50 bits per heavy atom. The van der Waals surface area contributed by atoms with Gasteiger partial charge < -0.3 is 5.32 Å². The summed E-state index contributed by atoms with van der Waals surface area (Å²) in [4.78, 5) is 23.2. The minimum Gasteiger partial charge on any atom is -0.336 e. The highest BCUT2D eigenvalue weighted by molar-refractivity contribution is 5.95. The van der Waals surface area contributed by atoms with Crippen LogP contribution in [0.5, 0.6) is 0 Å². The number of amides is 3. The van der Waals surface area contributed by atoms with E-state index in [1.807, 2.05) is 6.07 Å². The van der Waals surface area contributed by atoms with E-state index in [9.17, 15) is 9.59 Å². The second-order valence-electron chi connectivity index (χ2n) is 2.44. The molecule has 0 radical (unpaired) electrons. The quantitative estimate of drug-likeness (QED) is 0.621. The van der Waals surface area contributed by atoms with E-state index in [1.165, 1.54) is 0 Å². The van der Waals surface area contributed by atoms with Crippen LogP contribution in [0.25, 0.3) is 0 Å². The maximum atomic E-state index is 11.1. The van der Waals surface area contributed by atoms with Crippen LogP contribution in [0.4, 0.5) is 4.79 Å². The summed E-state index contributed by atoms with van der Waals surface area (Å²) in [6, 6.07) is 1.51. The highest BCUT2D eigenvalue weighted by atomic mass is 16.2. The fourth-order valence-electron chi connectivity index (χ4n) is 1.01. The molecule has 1 heterocycles. The van der Waals surface area contributed by atoms with E-state index in [0.29, 0.717) is 13.1 Å². The Bertz CT molecular complexity index is 244. The Kier molecular flexibility index (Phi) is 2.64. The largest absolute Gasteiger partial charge is 0.336 e. The van der Waals surface area contributed by atoms with Crippen LogP contribution in [0.3, 0.4) is 0 Å². The molecule has 1 N–H and O–H groups in total. The fourth-order valence-corrected chi connectivity index (χ4v) is 1.01. The summed E-state index contributed by atoms with van der Waals surface area (Å²) >= 11 is 0. The summed E-state index contributed by atoms with van der Waals surface area (Å²) in [6.07, 6.45) is 0.298. The molecule has 1 saturated heterocycles. The van der Waals surface area contributed by atoms with E-state index in [2.05, 4.69) is 5.32 Å². The number of urea groups is 1. The molecule has 0 aromatic heterocycles. The lowest BCUT2D eigenvalue weighted by atomic mass is 10.3. The predicted molar refractivity (Wildman–Crippen MR) is 40.0 cm³/mol. The average molecular weight is 167 g/mol. The number of rotatable bonds is 2. The lowest BCUT2D eigenvalue weighted by molar-refractivity contribution is -0.127. The van der Waals surface area contributed by atoms with Gasteiger partial charge in [-0.05, 0) is 0 Å². The molecule has 5 heteroatoms. The number of nitrogens with one attached hydrogen (secondary N) is 1. The minimum atomic E-state index is -0.349. The lowest BCUT2D eigenvalue weighted by Gasteiger charge is -2.09. The number of hydrogen-bond acceptors (Lipinski definition) is 3. The molecule has 1 rings (SSSR count). The Hall–Kier alpha value is -1.57. The van der Waals surface area contributed by atoms with Crippen LogP contribution < -0.4 is 5.32 Å². The van der Waals surface area contributed by atoms with Crippen LogP contribution in [0.15, 0.2) is 0 Å². The highest BCUT2D eigenvalue weighted by Crippen LogP contribution is 2.01. The van der Waals surface area contributed by atoms with Crippen molar-refractivity contribution in [2.45, 2.75) is 12.8 Å². The summed E-state index contributed by atoms with van der Waals surface area (Å²) in [6.45, 7) is 0.931. The van der Waals surface area contributed by atoms with Gasteiger partial charge in [-0.2, -0.15) is 5.26 Å². The van der Waals surface area contributed by atoms with Crippen molar-refractivity contribution < 1.29 is 9.59 Å². The molecule has 64 valence electrons.